The molecule has 2 aromatic carbocycles. The Labute approximate surface area is 182 Å². The summed E-state index contributed by atoms with van der Waals surface area (Å²) < 4.78 is 34.6. The van der Waals surface area contributed by atoms with E-state index in [2.05, 4.69) is 34.3 Å². The molecule has 0 unspecified atom stereocenters. The quantitative estimate of drug-likeness (QED) is 0.732. The lowest BCUT2D eigenvalue weighted by Gasteiger charge is -2.38. The smallest absolute Gasteiger partial charge is 0.240 e. The molecule has 1 saturated heterocycles. The van der Waals surface area contributed by atoms with Gasteiger partial charge in [0.1, 0.15) is 0 Å². The van der Waals surface area contributed by atoms with Gasteiger partial charge in [0.25, 0.3) is 0 Å². The van der Waals surface area contributed by atoms with Crippen LogP contribution in [0.4, 0.5) is 5.69 Å². The van der Waals surface area contributed by atoms with Crippen molar-refractivity contribution in [2.45, 2.75) is 42.9 Å². The molecule has 160 valence electrons. The third-order valence-corrected chi connectivity index (χ3v) is 7.73. The number of nitrogens with one attached hydrogen (secondary N) is 2. The highest BCUT2D eigenvalue weighted by molar-refractivity contribution is 7.89. The molecule has 0 aromatic heterocycles. The third-order valence-electron chi connectivity index (χ3n) is 6.06. The Morgan fingerprint density at radius 1 is 1.13 bits per heavy atom. The van der Waals surface area contributed by atoms with Crippen LogP contribution in [0.2, 0.25) is 5.02 Å². The van der Waals surface area contributed by atoms with Crippen LogP contribution in [0.25, 0.3) is 0 Å². The maximum absolute atomic E-state index is 13.1. The number of carbonyl (C=O) groups excluding carboxylic acids is 1. The summed E-state index contributed by atoms with van der Waals surface area (Å²) in [5.74, 6) is -0.113. The van der Waals surface area contributed by atoms with Crippen molar-refractivity contribution in [1.29, 1.82) is 0 Å². The Morgan fingerprint density at radius 2 is 1.83 bits per heavy atom. The zero-order valence-electron chi connectivity index (χ0n) is 16.8. The minimum atomic E-state index is -3.77. The standard InChI is InChI=1S/C22H25ClN2O4S/c1-15-2-5-17(6-3-15)22(8-10-29-11-9-22)14-24-30(27,28)18-12-16-4-7-20(26)25-21(16)19(23)13-18/h2-3,5-6,12-13,24H,4,7-11,14H2,1H3,(H,25,26). The van der Waals surface area contributed by atoms with E-state index < -0.39 is 10.0 Å². The maximum atomic E-state index is 13.1. The predicted molar refractivity (Wildman–Crippen MR) is 117 cm³/mol. The maximum Gasteiger partial charge on any atom is 0.240 e. The fraction of sp³-hybridized carbons (Fsp3) is 0.409. The summed E-state index contributed by atoms with van der Waals surface area (Å²) >= 11 is 6.28. The molecule has 0 saturated carbocycles. The van der Waals surface area contributed by atoms with Gasteiger partial charge >= 0.3 is 0 Å². The first kappa shape index (κ1) is 21.3. The van der Waals surface area contributed by atoms with Crippen molar-refractivity contribution in [3.8, 4) is 0 Å². The van der Waals surface area contributed by atoms with E-state index in [9.17, 15) is 13.2 Å². The van der Waals surface area contributed by atoms with Crippen LogP contribution in [0.15, 0.2) is 41.3 Å². The van der Waals surface area contributed by atoms with Gasteiger partial charge in [-0.3, -0.25) is 4.79 Å². The molecule has 0 bridgehead atoms. The molecule has 2 aliphatic heterocycles. The van der Waals surface area contributed by atoms with E-state index in [1.165, 1.54) is 6.07 Å². The first-order valence-electron chi connectivity index (χ1n) is 10.1. The van der Waals surface area contributed by atoms with Gasteiger partial charge in [0.2, 0.25) is 15.9 Å². The molecule has 6 nitrogen and oxygen atoms in total. The Balaban J connectivity index is 1.60. The summed E-state index contributed by atoms with van der Waals surface area (Å²) in [5, 5.41) is 2.96. The molecule has 0 spiro atoms. The van der Waals surface area contributed by atoms with Gasteiger partial charge in [-0.05, 0) is 49.4 Å². The van der Waals surface area contributed by atoms with E-state index in [0.717, 1.165) is 29.5 Å². The first-order valence-corrected chi connectivity index (χ1v) is 11.9. The summed E-state index contributed by atoms with van der Waals surface area (Å²) in [6.07, 6.45) is 2.27. The van der Waals surface area contributed by atoms with Crippen LogP contribution in [-0.2, 0) is 31.4 Å². The van der Waals surface area contributed by atoms with Gasteiger partial charge in [-0.25, -0.2) is 13.1 Å². The number of rotatable bonds is 5. The largest absolute Gasteiger partial charge is 0.381 e. The number of hydrogen-bond acceptors (Lipinski definition) is 4. The lowest BCUT2D eigenvalue weighted by atomic mass is 9.74. The van der Waals surface area contributed by atoms with E-state index in [1.54, 1.807) is 6.07 Å². The molecule has 30 heavy (non-hydrogen) atoms. The topological polar surface area (TPSA) is 84.5 Å². The normalized spacial score (nSPS) is 18.5. The second-order valence-electron chi connectivity index (χ2n) is 8.07. The Morgan fingerprint density at radius 3 is 2.53 bits per heavy atom. The molecule has 2 N–H and O–H groups in total. The zero-order chi connectivity index (χ0) is 21.4. The highest BCUT2D eigenvalue weighted by Crippen LogP contribution is 2.36. The molecule has 2 heterocycles. The van der Waals surface area contributed by atoms with Crippen molar-refractivity contribution < 1.29 is 17.9 Å². The Bertz CT molecular complexity index is 1060. The highest BCUT2D eigenvalue weighted by atomic mass is 35.5. The van der Waals surface area contributed by atoms with Crippen molar-refractivity contribution in [3.63, 3.8) is 0 Å². The molecule has 1 fully saturated rings. The number of anilines is 1. The first-order chi connectivity index (χ1) is 14.3. The minimum absolute atomic E-state index is 0.113. The second kappa shape index (κ2) is 8.30. The summed E-state index contributed by atoms with van der Waals surface area (Å²) in [6.45, 7) is 3.51. The minimum Gasteiger partial charge on any atom is -0.381 e. The fourth-order valence-electron chi connectivity index (χ4n) is 4.13. The van der Waals surface area contributed by atoms with E-state index in [0.29, 0.717) is 31.7 Å². The lowest BCUT2D eigenvalue weighted by Crippen LogP contribution is -2.44. The van der Waals surface area contributed by atoms with Crippen LogP contribution < -0.4 is 10.0 Å². The third kappa shape index (κ3) is 4.25. The molecule has 0 radical (unpaired) electrons. The van der Waals surface area contributed by atoms with Crippen LogP contribution >= 0.6 is 11.6 Å². The van der Waals surface area contributed by atoms with Gasteiger partial charge in [-0.15, -0.1) is 0 Å². The number of sulfonamides is 1. The predicted octanol–water partition coefficient (Wildman–Crippen LogP) is 3.56. The van der Waals surface area contributed by atoms with Crippen molar-refractivity contribution in [1.82, 2.24) is 4.72 Å². The molecule has 4 rings (SSSR count). The SMILES string of the molecule is Cc1ccc(C2(CNS(=O)(=O)c3cc(Cl)c4c(c3)CCC(=O)N4)CCOCC2)cc1. The van der Waals surface area contributed by atoms with Crippen LogP contribution in [0.1, 0.15) is 36.0 Å². The van der Waals surface area contributed by atoms with Crippen molar-refractivity contribution in [2.75, 3.05) is 25.1 Å². The van der Waals surface area contributed by atoms with Crippen molar-refractivity contribution in [2.24, 2.45) is 0 Å². The average Bonchev–Trinajstić information content (AvgIpc) is 2.74. The lowest BCUT2D eigenvalue weighted by molar-refractivity contribution is -0.116. The van der Waals surface area contributed by atoms with Crippen molar-refractivity contribution >= 4 is 33.2 Å². The summed E-state index contributed by atoms with van der Waals surface area (Å²) in [5.41, 5.74) is 3.21. The number of benzene rings is 2. The summed E-state index contributed by atoms with van der Waals surface area (Å²) in [7, 11) is -3.77. The number of amides is 1. The van der Waals surface area contributed by atoms with Crippen molar-refractivity contribution in [3.05, 3.63) is 58.1 Å². The van der Waals surface area contributed by atoms with Gasteiger partial charge in [-0.2, -0.15) is 0 Å². The Hall–Kier alpha value is -1.93. The molecular weight excluding hydrogens is 424 g/mol. The summed E-state index contributed by atoms with van der Waals surface area (Å²) in [6, 6.07) is 11.3. The number of fused-ring (bicyclic) bond motifs is 1. The van der Waals surface area contributed by atoms with Crippen LogP contribution in [-0.4, -0.2) is 34.1 Å². The van der Waals surface area contributed by atoms with Gasteiger partial charge in [0.05, 0.1) is 15.6 Å². The van der Waals surface area contributed by atoms with E-state index in [4.69, 9.17) is 16.3 Å². The number of carbonyl (C=O) groups is 1. The molecule has 0 atom stereocenters. The van der Waals surface area contributed by atoms with Crippen LogP contribution in [0.3, 0.4) is 0 Å². The fourth-order valence-corrected chi connectivity index (χ4v) is 5.69. The van der Waals surface area contributed by atoms with Crippen LogP contribution in [0.5, 0.6) is 0 Å². The molecule has 1 amide bonds. The molecular formula is C22H25ClN2O4S. The number of hydrogen-bond donors (Lipinski definition) is 2. The second-order valence-corrected chi connectivity index (χ2v) is 10.2. The molecule has 8 heteroatoms. The molecule has 0 aliphatic carbocycles. The van der Waals surface area contributed by atoms with E-state index in [-0.39, 0.29) is 27.8 Å². The van der Waals surface area contributed by atoms with Crippen LogP contribution in [0, 0.1) is 6.92 Å². The molecule has 2 aromatic rings. The zero-order valence-corrected chi connectivity index (χ0v) is 18.4. The van der Waals surface area contributed by atoms with E-state index >= 15 is 0 Å². The number of ether oxygens (including phenoxy) is 1. The molecule has 2 aliphatic rings. The van der Waals surface area contributed by atoms with E-state index in [1.807, 2.05) is 6.92 Å². The number of aryl methyl sites for hydroxylation is 2. The average molecular weight is 449 g/mol. The van der Waals surface area contributed by atoms with Gasteiger partial charge < -0.3 is 10.1 Å². The highest BCUT2D eigenvalue weighted by Gasteiger charge is 2.36. The van der Waals surface area contributed by atoms with Gasteiger partial charge in [-0.1, -0.05) is 41.4 Å². The Kier molecular flexibility index (Phi) is 5.90. The van der Waals surface area contributed by atoms with Gasteiger partial charge in [0.15, 0.2) is 0 Å². The summed E-state index contributed by atoms with van der Waals surface area (Å²) in [4.78, 5) is 11.7. The number of halogens is 1. The monoisotopic (exact) mass is 448 g/mol. The van der Waals surface area contributed by atoms with Gasteiger partial charge in [0, 0.05) is 31.6 Å².